The summed E-state index contributed by atoms with van der Waals surface area (Å²) in [6, 6.07) is 0. The SMILES string of the molecule is Cn1cnc(Cn2c(=O)nc[nH]c2=O)n1. The molecular weight excluding hydrogens is 200 g/mol. The Balaban J connectivity index is 2.40. The van der Waals surface area contributed by atoms with E-state index in [2.05, 4.69) is 20.1 Å². The topological polar surface area (TPSA) is 98.5 Å². The van der Waals surface area contributed by atoms with Crippen LogP contribution in [0.4, 0.5) is 0 Å². The molecule has 0 amide bonds. The van der Waals surface area contributed by atoms with Crippen molar-refractivity contribution in [3.63, 3.8) is 0 Å². The van der Waals surface area contributed by atoms with Gasteiger partial charge in [-0.1, -0.05) is 0 Å². The second-order valence-corrected chi connectivity index (χ2v) is 2.91. The van der Waals surface area contributed by atoms with Crippen molar-refractivity contribution in [3.05, 3.63) is 39.4 Å². The van der Waals surface area contributed by atoms with Crippen LogP contribution in [0.25, 0.3) is 0 Å². The van der Waals surface area contributed by atoms with Crippen LogP contribution in [0.5, 0.6) is 0 Å². The highest BCUT2D eigenvalue weighted by Crippen LogP contribution is 1.87. The summed E-state index contributed by atoms with van der Waals surface area (Å²) in [6.45, 7) is 0.0167. The van der Waals surface area contributed by atoms with E-state index in [4.69, 9.17) is 0 Å². The summed E-state index contributed by atoms with van der Waals surface area (Å²) in [5.41, 5.74) is -1.14. The van der Waals surface area contributed by atoms with Gasteiger partial charge in [0.2, 0.25) is 0 Å². The van der Waals surface area contributed by atoms with Crippen molar-refractivity contribution in [3.8, 4) is 0 Å². The molecule has 0 fully saturated rings. The molecule has 0 aromatic carbocycles. The summed E-state index contributed by atoms with van der Waals surface area (Å²) in [6.07, 6.45) is 2.55. The third-order valence-electron chi connectivity index (χ3n) is 1.79. The van der Waals surface area contributed by atoms with Gasteiger partial charge in [-0.3, -0.25) is 9.67 Å². The number of nitrogens with one attached hydrogen (secondary N) is 1. The van der Waals surface area contributed by atoms with Crippen molar-refractivity contribution in [1.29, 1.82) is 0 Å². The van der Waals surface area contributed by atoms with Crippen LogP contribution in [0, 0.1) is 0 Å². The lowest BCUT2D eigenvalue weighted by Crippen LogP contribution is -2.36. The van der Waals surface area contributed by atoms with Gasteiger partial charge in [-0.05, 0) is 0 Å². The van der Waals surface area contributed by atoms with E-state index in [0.29, 0.717) is 5.82 Å². The second kappa shape index (κ2) is 3.48. The Morgan fingerprint density at radius 3 is 2.80 bits per heavy atom. The number of H-pyrrole nitrogens is 1. The lowest BCUT2D eigenvalue weighted by molar-refractivity contribution is 0.630. The van der Waals surface area contributed by atoms with Gasteiger partial charge in [0.05, 0.1) is 6.54 Å². The van der Waals surface area contributed by atoms with E-state index in [0.717, 1.165) is 10.9 Å². The number of hydrogen-bond donors (Lipinski definition) is 1. The third kappa shape index (κ3) is 1.82. The molecule has 2 aromatic heterocycles. The minimum Gasteiger partial charge on any atom is -0.298 e. The molecule has 8 heteroatoms. The van der Waals surface area contributed by atoms with E-state index in [-0.39, 0.29) is 6.54 Å². The molecule has 0 spiro atoms. The van der Waals surface area contributed by atoms with Crippen LogP contribution < -0.4 is 11.4 Å². The van der Waals surface area contributed by atoms with E-state index < -0.39 is 11.4 Å². The van der Waals surface area contributed by atoms with Gasteiger partial charge in [-0.15, -0.1) is 0 Å². The fraction of sp³-hybridized carbons (Fsp3) is 0.286. The van der Waals surface area contributed by atoms with Crippen LogP contribution in [-0.4, -0.2) is 29.3 Å². The molecule has 0 atom stereocenters. The van der Waals surface area contributed by atoms with Crippen molar-refractivity contribution < 1.29 is 0 Å². The van der Waals surface area contributed by atoms with Crippen LogP contribution in [0.15, 0.2) is 22.2 Å². The molecular formula is C7H8N6O2. The summed E-state index contributed by atoms with van der Waals surface area (Å²) in [7, 11) is 1.70. The highest BCUT2D eigenvalue weighted by Gasteiger charge is 2.05. The largest absolute Gasteiger partial charge is 0.353 e. The Labute approximate surface area is 83.2 Å². The van der Waals surface area contributed by atoms with Crippen molar-refractivity contribution >= 4 is 0 Å². The maximum atomic E-state index is 11.3. The monoisotopic (exact) mass is 208 g/mol. The molecule has 8 nitrogen and oxygen atoms in total. The number of nitrogens with zero attached hydrogens (tertiary/aromatic N) is 5. The predicted molar refractivity (Wildman–Crippen MR) is 49.2 cm³/mol. The number of aryl methyl sites for hydroxylation is 1. The van der Waals surface area contributed by atoms with Gasteiger partial charge in [0.1, 0.15) is 12.7 Å². The van der Waals surface area contributed by atoms with E-state index in [1.807, 2.05) is 0 Å². The molecule has 78 valence electrons. The molecule has 1 N–H and O–H groups in total. The van der Waals surface area contributed by atoms with Gasteiger partial charge in [-0.2, -0.15) is 10.1 Å². The highest BCUT2D eigenvalue weighted by atomic mass is 16.2. The smallest absolute Gasteiger partial charge is 0.298 e. The van der Waals surface area contributed by atoms with E-state index >= 15 is 0 Å². The van der Waals surface area contributed by atoms with Crippen LogP contribution in [0.1, 0.15) is 5.82 Å². The Kier molecular flexibility index (Phi) is 2.16. The van der Waals surface area contributed by atoms with Crippen molar-refractivity contribution in [2.24, 2.45) is 7.05 Å². The average molecular weight is 208 g/mol. The number of aromatic amines is 1. The molecule has 2 rings (SSSR count). The predicted octanol–water partition coefficient (Wildman–Crippen LogP) is -1.89. The molecule has 0 saturated carbocycles. The summed E-state index contributed by atoms with van der Waals surface area (Å²) in [5.74, 6) is 0.387. The molecule has 0 aliphatic heterocycles. The van der Waals surface area contributed by atoms with Gasteiger partial charge in [0.25, 0.3) is 0 Å². The van der Waals surface area contributed by atoms with E-state index in [9.17, 15) is 9.59 Å². The quantitative estimate of drug-likeness (QED) is 0.622. The Bertz CT molecular complexity index is 551. The minimum absolute atomic E-state index is 0.0167. The lowest BCUT2D eigenvalue weighted by atomic mass is 10.6. The zero-order valence-corrected chi connectivity index (χ0v) is 7.91. The summed E-state index contributed by atoms with van der Waals surface area (Å²) in [4.78, 5) is 32.1. The molecule has 0 unspecified atom stereocenters. The van der Waals surface area contributed by atoms with Crippen molar-refractivity contribution in [2.45, 2.75) is 6.54 Å². The Hall–Kier alpha value is -2.25. The molecule has 0 bridgehead atoms. The molecule has 0 saturated heterocycles. The highest BCUT2D eigenvalue weighted by molar-refractivity contribution is 4.84. The van der Waals surface area contributed by atoms with Crippen LogP contribution >= 0.6 is 0 Å². The van der Waals surface area contributed by atoms with Gasteiger partial charge in [-0.25, -0.2) is 19.1 Å². The molecule has 2 aromatic rings. The van der Waals surface area contributed by atoms with Crippen LogP contribution in [-0.2, 0) is 13.6 Å². The summed E-state index contributed by atoms with van der Waals surface area (Å²) in [5, 5.41) is 3.95. The second-order valence-electron chi connectivity index (χ2n) is 2.91. The molecule has 0 aliphatic carbocycles. The number of aromatic nitrogens is 6. The molecule has 0 radical (unpaired) electrons. The first-order valence-corrected chi connectivity index (χ1v) is 4.16. The van der Waals surface area contributed by atoms with Crippen molar-refractivity contribution in [2.75, 3.05) is 0 Å². The van der Waals surface area contributed by atoms with Gasteiger partial charge in [0.15, 0.2) is 5.82 Å². The standard InChI is InChI=1S/C7H8N6O2/c1-12-4-10-5(11-12)2-13-6(14)8-3-9-7(13)15/h3-4H,2H2,1H3,(H,8,9,14,15). The molecule has 15 heavy (non-hydrogen) atoms. The normalized spacial score (nSPS) is 10.5. The fourth-order valence-electron chi connectivity index (χ4n) is 1.11. The van der Waals surface area contributed by atoms with E-state index in [1.165, 1.54) is 11.0 Å². The maximum Gasteiger partial charge on any atom is 0.353 e. The van der Waals surface area contributed by atoms with Gasteiger partial charge in [0, 0.05) is 7.05 Å². The first-order valence-electron chi connectivity index (χ1n) is 4.16. The summed E-state index contributed by atoms with van der Waals surface area (Å²) < 4.78 is 2.42. The zero-order valence-electron chi connectivity index (χ0n) is 7.91. The Morgan fingerprint density at radius 1 is 1.40 bits per heavy atom. The molecule has 0 aliphatic rings. The minimum atomic E-state index is -0.619. The third-order valence-corrected chi connectivity index (χ3v) is 1.79. The van der Waals surface area contributed by atoms with Crippen LogP contribution in [0.3, 0.4) is 0 Å². The van der Waals surface area contributed by atoms with Crippen LogP contribution in [0.2, 0.25) is 0 Å². The number of hydrogen-bond acceptors (Lipinski definition) is 5. The lowest BCUT2D eigenvalue weighted by Gasteiger charge is -1.97. The maximum absolute atomic E-state index is 11.3. The van der Waals surface area contributed by atoms with Crippen molar-refractivity contribution in [1.82, 2.24) is 29.3 Å². The Morgan fingerprint density at radius 2 is 2.20 bits per heavy atom. The first-order chi connectivity index (χ1) is 7.16. The zero-order chi connectivity index (χ0) is 10.8. The van der Waals surface area contributed by atoms with Gasteiger partial charge >= 0.3 is 11.4 Å². The average Bonchev–Trinajstić information content (AvgIpc) is 2.58. The first kappa shape index (κ1) is 9.31. The fourth-order valence-corrected chi connectivity index (χ4v) is 1.11. The summed E-state index contributed by atoms with van der Waals surface area (Å²) >= 11 is 0. The van der Waals surface area contributed by atoms with E-state index in [1.54, 1.807) is 7.05 Å². The molecule has 2 heterocycles. The van der Waals surface area contributed by atoms with Gasteiger partial charge < -0.3 is 0 Å². The number of rotatable bonds is 2.